The molecule has 3 atom stereocenters. The second kappa shape index (κ2) is 9.82. The molecule has 0 radical (unpaired) electrons. The fourth-order valence-corrected chi connectivity index (χ4v) is 3.65. The normalized spacial score (nSPS) is 26.3. The summed E-state index contributed by atoms with van der Waals surface area (Å²) in [5.41, 5.74) is 0.749. The van der Waals surface area contributed by atoms with Crippen LogP contribution in [0, 0.1) is 5.92 Å². The molecule has 148 valence electrons. The van der Waals surface area contributed by atoms with Gasteiger partial charge in [-0.05, 0) is 37.8 Å². The maximum Gasteiger partial charge on any atom is 0.226 e. The Kier molecular flexibility index (Phi) is 7.20. The van der Waals surface area contributed by atoms with Gasteiger partial charge in [0.05, 0.1) is 25.2 Å². The van der Waals surface area contributed by atoms with Crippen LogP contribution in [0.15, 0.2) is 30.3 Å². The lowest BCUT2D eigenvalue weighted by Gasteiger charge is -2.37. The first kappa shape index (κ1) is 19.8. The Bertz CT molecular complexity index is 618. The summed E-state index contributed by atoms with van der Waals surface area (Å²) in [6.07, 6.45) is 2.28. The number of anilines is 1. The lowest BCUT2D eigenvalue weighted by atomic mass is 9.94. The third kappa shape index (κ3) is 5.76. The molecule has 2 amide bonds. The minimum atomic E-state index is -0.489. The van der Waals surface area contributed by atoms with Crippen LogP contribution in [-0.2, 0) is 19.1 Å². The Hall–Kier alpha value is -1.96. The zero-order chi connectivity index (χ0) is 19.1. The molecular formula is C20H28N2O5. The molecule has 0 bridgehead atoms. The minimum absolute atomic E-state index is 0.00520. The van der Waals surface area contributed by atoms with Gasteiger partial charge in [0.2, 0.25) is 11.8 Å². The number of rotatable bonds is 6. The van der Waals surface area contributed by atoms with Crippen molar-refractivity contribution >= 4 is 17.5 Å². The van der Waals surface area contributed by atoms with Crippen LogP contribution in [0.1, 0.15) is 32.1 Å². The lowest BCUT2D eigenvalue weighted by Crippen LogP contribution is -2.52. The van der Waals surface area contributed by atoms with E-state index in [2.05, 4.69) is 10.6 Å². The predicted molar refractivity (Wildman–Crippen MR) is 100 cm³/mol. The largest absolute Gasteiger partial charge is 0.394 e. The number of carbonyl (C=O) groups is 2. The number of benzene rings is 1. The Morgan fingerprint density at radius 1 is 1.07 bits per heavy atom. The van der Waals surface area contributed by atoms with E-state index in [1.807, 2.05) is 30.3 Å². The van der Waals surface area contributed by atoms with Crippen molar-refractivity contribution in [2.75, 3.05) is 25.1 Å². The van der Waals surface area contributed by atoms with Crippen molar-refractivity contribution < 1.29 is 24.2 Å². The molecule has 0 spiro atoms. The van der Waals surface area contributed by atoms with Gasteiger partial charge in [-0.2, -0.15) is 0 Å². The highest BCUT2D eigenvalue weighted by atomic mass is 16.5. The monoisotopic (exact) mass is 376 g/mol. The Morgan fingerprint density at radius 2 is 1.81 bits per heavy atom. The average Bonchev–Trinajstić information content (AvgIpc) is 2.70. The SMILES string of the molecule is O=C(C[C@@H]1CC[C@@H](NC(=O)C2CCOCC2)[C@@H](CO)O1)Nc1ccccc1. The van der Waals surface area contributed by atoms with Crippen molar-refractivity contribution in [1.82, 2.24) is 5.32 Å². The number of carbonyl (C=O) groups excluding carboxylic acids is 2. The molecule has 27 heavy (non-hydrogen) atoms. The Labute approximate surface area is 159 Å². The van der Waals surface area contributed by atoms with Crippen LogP contribution in [0.5, 0.6) is 0 Å². The van der Waals surface area contributed by atoms with E-state index in [-0.39, 0.29) is 42.9 Å². The van der Waals surface area contributed by atoms with Crippen molar-refractivity contribution in [2.45, 2.75) is 50.4 Å². The number of para-hydroxylation sites is 1. The molecule has 2 aliphatic rings. The van der Waals surface area contributed by atoms with Crippen LogP contribution in [-0.4, -0.2) is 55.0 Å². The van der Waals surface area contributed by atoms with Gasteiger partial charge < -0.3 is 25.2 Å². The Morgan fingerprint density at radius 3 is 2.52 bits per heavy atom. The van der Waals surface area contributed by atoms with Crippen molar-refractivity contribution in [3.63, 3.8) is 0 Å². The van der Waals surface area contributed by atoms with Crippen LogP contribution in [0.4, 0.5) is 5.69 Å². The number of amides is 2. The first-order valence-corrected chi connectivity index (χ1v) is 9.65. The summed E-state index contributed by atoms with van der Waals surface area (Å²) in [4.78, 5) is 24.6. The summed E-state index contributed by atoms with van der Waals surface area (Å²) in [5, 5.41) is 15.5. The van der Waals surface area contributed by atoms with Gasteiger partial charge in [0, 0.05) is 24.8 Å². The molecule has 0 aromatic heterocycles. The van der Waals surface area contributed by atoms with Gasteiger partial charge in [0.25, 0.3) is 0 Å². The number of aliphatic hydroxyl groups is 1. The molecule has 0 aliphatic carbocycles. The van der Waals surface area contributed by atoms with E-state index in [4.69, 9.17) is 9.47 Å². The maximum atomic E-state index is 12.4. The van der Waals surface area contributed by atoms with Gasteiger partial charge in [-0.3, -0.25) is 9.59 Å². The molecule has 2 fully saturated rings. The predicted octanol–water partition coefficient (Wildman–Crippen LogP) is 1.47. The van der Waals surface area contributed by atoms with Crippen LogP contribution >= 0.6 is 0 Å². The van der Waals surface area contributed by atoms with Crippen LogP contribution in [0.25, 0.3) is 0 Å². The Balaban J connectivity index is 1.47. The second-order valence-corrected chi connectivity index (χ2v) is 7.18. The molecular weight excluding hydrogens is 348 g/mol. The first-order valence-electron chi connectivity index (χ1n) is 9.65. The van der Waals surface area contributed by atoms with Gasteiger partial charge in [-0.15, -0.1) is 0 Å². The van der Waals surface area contributed by atoms with Crippen LogP contribution in [0.2, 0.25) is 0 Å². The van der Waals surface area contributed by atoms with Gasteiger partial charge in [0.1, 0.15) is 6.10 Å². The fraction of sp³-hybridized carbons (Fsp3) is 0.600. The van der Waals surface area contributed by atoms with Crippen molar-refractivity contribution in [2.24, 2.45) is 5.92 Å². The molecule has 7 nitrogen and oxygen atoms in total. The molecule has 2 heterocycles. The smallest absolute Gasteiger partial charge is 0.226 e. The number of hydrogen-bond donors (Lipinski definition) is 3. The first-order chi connectivity index (χ1) is 13.2. The van der Waals surface area contributed by atoms with Gasteiger partial charge in [-0.1, -0.05) is 18.2 Å². The van der Waals surface area contributed by atoms with Crippen LogP contribution in [0.3, 0.4) is 0 Å². The molecule has 3 N–H and O–H groups in total. The molecule has 0 unspecified atom stereocenters. The number of hydrogen-bond acceptors (Lipinski definition) is 5. The molecule has 0 saturated carbocycles. The molecule has 1 aromatic rings. The summed E-state index contributed by atoms with van der Waals surface area (Å²) in [6, 6.07) is 9.05. The number of aliphatic hydroxyl groups excluding tert-OH is 1. The molecule has 2 saturated heterocycles. The third-order valence-electron chi connectivity index (χ3n) is 5.19. The standard InChI is InChI=1S/C20H28N2O5/c23-13-18-17(22-20(25)14-8-10-26-11-9-14)7-6-16(27-18)12-19(24)21-15-4-2-1-3-5-15/h1-5,14,16-18,23H,6-13H2,(H,21,24)(H,22,25)/t16-,17+,18+/m0/s1. The van der Waals surface area contributed by atoms with E-state index in [1.54, 1.807) is 0 Å². The average molecular weight is 376 g/mol. The zero-order valence-electron chi connectivity index (χ0n) is 15.4. The molecule has 1 aromatic carbocycles. The molecule has 3 rings (SSSR count). The molecule has 7 heteroatoms. The summed E-state index contributed by atoms with van der Waals surface area (Å²) in [6.45, 7) is 1.04. The highest BCUT2D eigenvalue weighted by Crippen LogP contribution is 2.24. The van der Waals surface area contributed by atoms with Crippen LogP contribution < -0.4 is 10.6 Å². The van der Waals surface area contributed by atoms with E-state index in [0.29, 0.717) is 26.1 Å². The number of nitrogens with one attached hydrogen (secondary N) is 2. The van der Waals surface area contributed by atoms with Gasteiger partial charge >= 0.3 is 0 Å². The summed E-state index contributed by atoms with van der Waals surface area (Å²) < 4.78 is 11.2. The lowest BCUT2D eigenvalue weighted by molar-refractivity contribution is -0.137. The van der Waals surface area contributed by atoms with E-state index >= 15 is 0 Å². The van der Waals surface area contributed by atoms with Gasteiger partial charge in [0.15, 0.2) is 0 Å². The van der Waals surface area contributed by atoms with E-state index in [9.17, 15) is 14.7 Å². The van der Waals surface area contributed by atoms with Crippen molar-refractivity contribution in [3.05, 3.63) is 30.3 Å². The third-order valence-corrected chi connectivity index (χ3v) is 5.19. The zero-order valence-corrected chi connectivity index (χ0v) is 15.4. The summed E-state index contributed by atoms with van der Waals surface area (Å²) in [7, 11) is 0. The van der Waals surface area contributed by atoms with Crippen molar-refractivity contribution in [1.29, 1.82) is 0 Å². The maximum absolute atomic E-state index is 12.4. The summed E-state index contributed by atoms with van der Waals surface area (Å²) in [5.74, 6) is -0.148. The van der Waals surface area contributed by atoms with Crippen molar-refractivity contribution in [3.8, 4) is 0 Å². The summed E-state index contributed by atoms with van der Waals surface area (Å²) >= 11 is 0. The van der Waals surface area contributed by atoms with E-state index in [1.165, 1.54) is 0 Å². The second-order valence-electron chi connectivity index (χ2n) is 7.18. The van der Waals surface area contributed by atoms with E-state index < -0.39 is 6.10 Å². The highest BCUT2D eigenvalue weighted by Gasteiger charge is 2.34. The number of ether oxygens (including phenoxy) is 2. The topological polar surface area (TPSA) is 96.9 Å². The molecule has 2 aliphatic heterocycles. The van der Waals surface area contributed by atoms with E-state index in [0.717, 1.165) is 18.5 Å². The fourth-order valence-electron chi connectivity index (χ4n) is 3.65. The quantitative estimate of drug-likeness (QED) is 0.699. The minimum Gasteiger partial charge on any atom is -0.394 e. The highest BCUT2D eigenvalue weighted by molar-refractivity contribution is 5.91. The van der Waals surface area contributed by atoms with Gasteiger partial charge in [-0.25, -0.2) is 0 Å².